The van der Waals surface area contributed by atoms with Crippen molar-refractivity contribution in [3.63, 3.8) is 0 Å². The molecule has 4 nitrogen and oxygen atoms in total. The highest BCUT2D eigenvalue weighted by Crippen LogP contribution is 2.34. The minimum atomic E-state index is 0.423. The zero-order chi connectivity index (χ0) is 11.1. The van der Waals surface area contributed by atoms with Crippen LogP contribution in [-0.4, -0.2) is 27.8 Å². The minimum Gasteiger partial charge on any atom is -0.445 e. The van der Waals surface area contributed by atoms with Crippen LogP contribution in [0.3, 0.4) is 0 Å². The topological polar surface area (TPSA) is 46.3 Å². The van der Waals surface area contributed by atoms with Crippen LogP contribution in [0.15, 0.2) is 10.6 Å². The molecule has 3 heterocycles. The van der Waals surface area contributed by atoms with Gasteiger partial charge < -0.3 is 4.42 Å². The van der Waals surface area contributed by atoms with Crippen LogP contribution in [0, 0.1) is 6.92 Å². The van der Waals surface area contributed by atoms with Gasteiger partial charge in [0.25, 0.3) is 0 Å². The van der Waals surface area contributed by atoms with Gasteiger partial charge in [-0.05, 0) is 19.8 Å². The highest BCUT2D eigenvalue weighted by Gasteiger charge is 2.40. The van der Waals surface area contributed by atoms with Crippen LogP contribution in [0.25, 0.3) is 0 Å². The molecule has 2 aliphatic heterocycles. The van der Waals surface area contributed by atoms with Gasteiger partial charge in [0.05, 0.1) is 12.7 Å². The zero-order valence-electron chi connectivity index (χ0n) is 9.48. The van der Waals surface area contributed by atoms with Crippen molar-refractivity contribution in [2.24, 2.45) is 0 Å². The van der Waals surface area contributed by atoms with Gasteiger partial charge >= 0.3 is 0 Å². The number of ketones is 1. The molecule has 3 rings (SSSR count). The van der Waals surface area contributed by atoms with Gasteiger partial charge in [0.2, 0.25) is 5.89 Å². The summed E-state index contributed by atoms with van der Waals surface area (Å²) in [6.07, 6.45) is 5.49. The number of carbonyl (C=O) groups is 1. The quantitative estimate of drug-likeness (QED) is 0.760. The molecule has 0 amide bonds. The predicted molar refractivity (Wildman–Crippen MR) is 57.8 cm³/mol. The SMILES string of the molecule is Cc1cnc(CN2C3CCC2CC(=O)C3)o1. The molecule has 16 heavy (non-hydrogen) atoms. The molecule has 0 saturated carbocycles. The van der Waals surface area contributed by atoms with Gasteiger partial charge in [0.15, 0.2) is 0 Å². The van der Waals surface area contributed by atoms with Crippen molar-refractivity contribution in [1.82, 2.24) is 9.88 Å². The Morgan fingerprint density at radius 2 is 2.12 bits per heavy atom. The van der Waals surface area contributed by atoms with E-state index in [9.17, 15) is 4.79 Å². The van der Waals surface area contributed by atoms with Crippen LogP contribution in [0.4, 0.5) is 0 Å². The fourth-order valence-corrected chi connectivity index (χ4v) is 2.95. The van der Waals surface area contributed by atoms with Crippen molar-refractivity contribution in [2.45, 2.75) is 51.2 Å². The lowest BCUT2D eigenvalue weighted by Gasteiger charge is -2.32. The number of aryl methyl sites for hydroxylation is 1. The third-order valence-electron chi connectivity index (χ3n) is 3.68. The minimum absolute atomic E-state index is 0.423. The van der Waals surface area contributed by atoms with E-state index in [1.54, 1.807) is 6.20 Å². The molecule has 1 aromatic heterocycles. The molecule has 1 aromatic rings. The summed E-state index contributed by atoms with van der Waals surface area (Å²) in [4.78, 5) is 18.1. The molecule has 2 saturated heterocycles. The average Bonchev–Trinajstić information content (AvgIpc) is 2.72. The summed E-state index contributed by atoms with van der Waals surface area (Å²) >= 11 is 0. The fraction of sp³-hybridized carbons (Fsp3) is 0.667. The second-order valence-corrected chi connectivity index (χ2v) is 4.87. The van der Waals surface area contributed by atoms with Crippen LogP contribution in [-0.2, 0) is 11.3 Å². The van der Waals surface area contributed by atoms with Crippen molar-refractivity contribution in [1.29, 1.82) is 0 Å². The third kappa shape index (κ3) is 1.67. The summed E-state index contributed by atoms with van der Waals surface area (Å²) in [6.45, 7) is 2.67. The number of Topliss-reactive ketones (excluding diaryl/α,β-unsaturated/α-hetero) is 1. The van der Waals surface area contributed by atoms with Gasteiger partial charge in [-0.1, -0.05) is 0 Å². The molecule has 0 aliphatic carbocycles. The molecule has 0 spiro atoms. The number of hydrogen-bond acceptors (Lipinski definition) is 4. The smallest absolute Gasteiger partial charge is 0.208 e. The zero-order valence-corrected chi connectivity index (χ0v) is 9.48. The normalized spacial score (nSPS) is 29.9. The van der Waals surface area contributed by atoms with E-state index in [0.29, 0.717) is 17.9 Å². The Hall–Kier alpha value is -1.16. The van der Waals surface area contributed by atoms with Crippen molar-refractivity contribution < 1.29 is 9.21 Å². The summed E-state index contributed by atoms with van der Waals surface area (Å²) in [5.41, 5.74) is 0. The lowest BCUT2D eigenvalue weighted by molar-refractivity contribution is -0.123. The number of piperidine rings is 1. The van der Waals surface area contributed by atoms with E-state index in [1.807, 2.05) is 6.92 Å². The lowest BCUT2D eigenvalue weighted by atomic mass is 10.0. The van der Waals surface area contributed by atoms with Gasteiger partial charge in [-0.3, -0.25) is 9.69 Å². The second-order valence-electron chi connectivity index (χ2n) is 4.87. The van der Waals surface area contributed by atoms with Crippen molar-refractivity contribution >= 4 is 5.78 Å². The number of rotatable bonds is 2. The molecule has 0 radical (unpaired) electrons. The molecular weight excluding hydrogens is 204 g/mol. The molecule has 0 N–H and O–H groups in total. The Labute approximate surface area is 94.6 Å². The summed E-state index contributed by atoms with van der Waals surface area (Å²) < 4.78 is 5.50. The lowest BCUT2D eigenvalue weighted by Crippen LogP contribution is -2.42. The van der Waals surface area contributed by atoms with Crippen LogP contribution in [0.2, 0.25) is 0 Å². The maximum Gasteiger partial charge on any atom is 0.208 e. The molecular formula is C12H16N2O2. The van der Waals surface area contributed by atoms with Gasteiger partial charge in [0.1, 0.15) is 11.5 Å². The summed E-state index contributed by atoms with van der Waals surface area (Å²) in [5, 5.41) is 0. The fourth-order valence-electron chi connectivity index (χ4n) is 2.95. The Balaban J connectivity index is 1.74. The molecule has 2 fully saturated rings. The Bertz CT molecular complexity index is 397. The maximum atomic E-state index is 11.5. The van der Waals surface area contributed by atoms with Gasteiger partial charge in [-0.25, -0.2) is 4.98 Å². The van der Waals surface area contributed by atoms with Crippen LogP contribution in [0.1, 0.15) is 37.3 Å². The molecule has 2 bridgehead atoms. The number of fused-ring (bicyclic) bond motifs is 2. The average molecular weight is 220 g/mol. The molecule has 2 aliphatic rings. The maximum absolute atomic E-state index is 11.5. The van der Waals surface area contributed by atoms with Crippen LogP contribution >= 0.6 is 0 Å². The molecule has 0 aromatic carbocycles. The van der Waals surface area contributed by atoms with E-state index in [-0.39, 0.29) is 0 Å². The van der Waals surface area contributed by atoms with Crippen molar-refractivity contribution in [2.75, 3.05) is 0 Å². The first-order chi connectivity index (χ1) is 7.72. The largest absolute Gasteiger partial charge is 0.445 e. The van der Waals surface area contributed by atoms with Gasteiger partial charge in [0, 0.05) is 24.9 Å². The van der Waals surface area contributed by atoms with E-state index in [0.717, 1.165) is 43.9 Å². The van der Waals surface area contributed by atoms with Crippen LogP contribution in [0.5, 0.6) is 0 Å². The van der Waals surface area contributed by atoms with E-state index in [4.69, 9.17) is 4.42 Å². The van der Waals surface area contributed by atoms with Crippen LogP contribution < -0.4 is 0 Å². The Morgan fingerprint density at radius 1 is 1.44 bits per heavy atom. The number of carbonyl (C=O) groups excluding carboxylic acids is 1. The summed E-state index contributed by atoms with van der Waals surface area (Å²) in [6, 6.07) is 0.858. The first-order valence-electron chi connectivity index (χ1n) is 5.91. The highest BCUT2D eigenvalue weighted by atomic mass is 16.4. The monoisotopic (exact) mass is 220 g/mol. The van der Waals surface area contributed by atoms with E-state index >= 15 is 0 Å². The molecule has 86 valence electrons. The number of oxazole rings is 1. The number of nitrogens with zero attached hydrogens (tertiary/aromatic N) is 2. The van der Waals surface area contributed by atoms with E-state index in [1.165, 1.54) is 0 Å². The van der Waals surface area contributed by atoms with Gasteiger partial charge in [-0.2, -0.15) is 0 Å². The Kier molecular flexibility index (Phi) is 2.32. The Morgan fingerprint density at radius 3 is 2.69 bits per heavy atom. The third-order valence-corrected chi connectivity index (χ3v) is 3.68. The highest BCUT2D eigenvalue weighted by molar-refractivity contribution is 5.80. The standard InChI is InChI=1S/C12H16N2O2/c1-8-6-13-12(16-8)7-14-9-2-3-10(14)5-11(15)4-9/h6,9-10H,2-5,7H2,1H3. The second kappa shape index (κ2) is 3.70. The predicted octanol–water partition coefficient (Wildman–Crippen LogP) is 1.68. The van der Waals surface area contributed by atoms with Crippen molar-refractivity contribution in [3.05, 3.63) is 17.8 Å². The summed E-state index contributed by atoms with van der Waals surface area (Å²) in [7, 11) is 0. The first kappa shape index (κ1) is 10.0. The van der Waals surface area contributed by atoms with E-state index < -0.39 is 0 Å². The summed E-state index contributed by atoms with van der Waals surface area (Å²) in [5.74, 6) is 2.06. The first-order valence-corrected chi connectivity index (χ1v) is 5.91. The van der Waals surface area contributed by atoms with Crippen molar-refractivity contribution in [3.8, 4) is 0 Å². The molecule has 2 atom stereocenters. The molecule has 2 unspecified atom stereocenters. The van der Waals surface area contributed by atoms with E-state index in [2.05, 4.69) is 9.88 Å². The van der Waals surface area contributed by atoms with Gasteiger partial charge in [-0.15, -0.1) is 0 Å². The molecule has 4 heteroatoms. The number of hydrogen-bond donors (Lipinski definition) is 0. The number of aromatic nitrogens is 1.